The Morgan fingerprint density at radius 3 is 2.42 bits per heavy atom. The van der Waals surface area contributed by atoms with E-state index in [1.807, 2.05) is 66.0 Å². The summed E-state index contributed by atoms with van der Waals surface area (Å²) in [5, 5.41) is 6.03. The van der Waals surface area contributed by atoms with Crippen molar-refractivity contribution >= 4 is 11.3 Å². The average molecular weight is 364 g/mol. The molecule has 0 bridgehead atoms. The molecule has 4 rings (SSSR count). The van der Waals surface area contributed by atoms with Crippen LogP contribution in [-0.2, 0) is 6.61 Å². The van der Waals surface area contributed by atoms with Crippen LogP contribution in [0.3, 0.4) is 0 Å². The number of thiophene rings is 1. The van der Waals surface area contributed by atoms with Crippen molar-refractivity contribution in [3.63, 3.8) is 0 Å². The lowest BCUT2D eigenvalue weighted by molar-refractivity contribution is 0.305. The molecule has 2 aromatic carbocycles. The Bertz CT molecular complexity index is 961. The van der Waals surface area contributed by atoms with Crippen molar-refractivity contribution < 1.29 is 14.0 Å². The second-order valence-electron chi connectivity index (χ2n) is 5.56. The number of benzene rings is 2. The molecule has 0 aliphatic heterocycles. The average Bonchev–Trinajstić information content (AvgIpc) is 3.39. The molecule has 0 atom stereocenters. The van der Waals surface area contributed by atoms with E-state index in [0.717, 1.165) is 27.5 Å². The smallest absolute Gasteiger partial charge is 0.258 e. The maximum Gasteiger partial charge on any atom is 0.258 e. The third-order valence-corrected chi connectivity index (χ3v) is 4.70. The monoisotopic (exact) mass is 364 g/mol. The third-order valence-electron chi connectivity index (χ3n) is 3.83. The first-order valence-electron chi connectivity index (χ1n) is 8.05. The van der Waals surface area contributed by atoms with Crippen LogP contribution >= 0.6 is 11.3 Å². The first kappa shape index (κ1) is 16.4. The minimum atomic E-state index is 0.483. The molecule has 0 radical (unpaired) electrons. The molecule has 2 heterocycles. The Morgan fingerprint density at radius 1 is 0.962 bits per heavy atom. The van der Waals surface area contributed by atoms with E-state index in [4.69, 9.17) is 14.0 Å². The number of rotatable bonds is 6. The Kier molecular flexibility index (Phi) is 4.66. The molecular formula is C20H16N2O3S. The van der Waals surface area contributed by atoms with Gasteiger partial charge in [-0.25, -0.2) is 0 Å². The normalized spacial score (nSPS) is 10.7. The lowest BCUT2D eigenvalue weighted by Crippen LogP contribution is -1.95. The van der Waals surface area contributed by atoms with E-state index in [1.165, 1.54) is 0 Å². The van der Waals surface area contributed by atoms with E-state index in [0.29, 0.717) is 18.3 Å². The van der Waals surface area contributed by atoms with Gasteiger partial charge in [0.2, 0.25) is 5.82 Å². The van der Waals surface area contributed by atoms with Crippen LogP contribution in [0, 0.1) is 0 Å². The molecule has 130 valence electrons. The molecule has 6 heteroatoms. The van der Waals surface area contributed by atoms with Crippen LogP contribution in [0.15, 0.2) is 70.6 Å². The summed E-state index contributed by atoms with van der Waals surface area (Å²) in [5.41, 5.74) is 1.94. The topological polar surface area (TPSA) is 57.4 Å². The van der Waals surface area contributed by atoms with E-state index < -0.39 is 0 Å². The molecule has 0 amide bonds. The summed E-state index contributed by atoms with van der Waals surface area (Å²) in [7, 11) is 1.64. The molecule has 26 heavy (non-hydrogen) atoms. The SMILES string of the molecule is COc1ccc(OCc2ccc(-c3nc(-c4cccs4)no3)cc2)cc1. The van der Waals surface area contributed by atoms with E-state index >= 15 is 0 Å². The Hall–Kier alpha value is -3.12. The molecule has 0 N–H and O–H groups in total. The highest BCUT2D eigenvalue weighted by Crippen LogP contribution is 2.25. The summed E-state index contributed by atoms with van der Waals surface area (Å²) in [6.45, 7) is 0.483. The number of hydrogen-bond acceptors (Lipinski definition) is 6. The van der Waals surface area contributed by atoms with Crippen LogP contribution in [0.25, 0.3) is 22.2 Å². The summed E-state index contributed by atoms with van der Waals surface area (Å²) in [5.74, 6) is 2.73. The molecule has 0 saturated heterocycles. The molecule has 0 aliphatic rings. The van der Waals surface area contributed by atoms with Gasteiger partial charge >= 0.3 is 0 Å². The summed E-state index contributed by atoms with van der Waals surface area (Å²) in [6.07, 6.45) is 0. The molecule has 0 aliphatic carbocycles. The van der Waals surface area contributed by atoms with Gasteiger partial charge in [-0.3, -0.25) is 0 Å². The van der Waals surface area contributed by atoms with Crippen molar-refractivity contribution in [3.8, 4) is 33.7 Å². The first-order chi connectivity index (χ1) is 12.8. The number of hydrogen-bond donors (Lipinski definition) is 0. The second-order valence-corrected chi connectivity index (χ2v) is 6.51. The predicted molar refractivity (Wildman–Crippen MR) is 100 cm³/mol. The molecular weight excluding hydrogens is 348 g/mol. The third kappa shape index (κ3) is 3.60. The Morgan fingerprint density at radius 2 is 1.73 bits per heavy atom. The molecule has 2 aromatic heterocycles. The zero-order valence-electron chi connectivity index (χ0n) is 14.1. The van der Waals surface area contributed by atoms with Crippen LogP contribution in [0.4, 0.5) is 0 Å². The van der Waals surface area contributed by atoms with Crippen molar-refractivity contribution in [1.82, 2.24) is 10.1 Å². The highest BCUT2D eigenvalue weighted by molar-refractivity contribution is 7.13. The largest absolute Gasteiger partial charge is 0.497 e. The minimum absolute atomic E-state index is 0.483. The summed E-state index contributed by atoms with van der Waals surface area (Å²) < 4.78 is 16.3. The maximum atomic E-state index is 5.78. The molecule has 0 saturated carbocycles. The standard InChI is InChI=1S/C20H16N2O3S/c1-23-16-8-10-17(11-9-16)24-13-14-4-6-15(7-5-14)20-21-19(22-25-20)18-3-2-12-26-18/h2-12H,13H2,1H3. The van der Waals surface area contributed by atoms with Gasteiger partial charge in [0, 0.05) is 5.56 Å². The van der Waals surface area contributed by atoms with E-state index in [2.05, 4.69) is 10.1 Å². The molecule has 4 aromatic rings. The van der Waals surface area contributed by atoms with Gasteiger partial charge in [-0.15, -0.1) is 11.3 Å². The summed E-state index contributed by atoms with van der Waals surface area (Å²) in [6, 6.07) is 19.4. The zero-order valence-corrected chi connectivity index (χ0v) is 14.9. The van der Waals surface area contributed by atoms with Gasteiger partial charge < -0.3 is 14.0 Å². The van der Waals surface area contributed by atoms with Gasteiger partial charge in [-0.05, 0) is 53.4 Å². The Balaban J connectivity index is 1.41. The van der Waals surface area contributed by atoms with Gasteiger partial charge in [0.05, 0.1) is 12.0 Å². The van der Waals surface area contributed by atoms with Gasteiger partial charge in [-0.1, -0.05) is 23.4 Å². The fraction of sp³-hybridized carbons (Fsp3) is 0.100. The molecule has 0 spiro atoms. The van der Waals surface area contributed by atoms with Crippen LogP contribution in [0.5, 0.6) is 11.5 Å². The first-order valence-corrected chi connectivity index (χ1v) is 8.93. The summed E-state index contributed by atoms with van der Waals surface area (Å²) in [4.78, 5) is 5.44. The molecule has 0 fully saturated rings. The van der Waals surface area contributed by atoms with Crippen molar-refractivity contribution in [2.45, 2.75) is 6.61 Å². The Labute approximate surface area is 154 Å². The molecule has 0 unspecified atom stereocenters. The highest BCUT2D eigenvalue weighted by atomic mass is 32.1. The van der Waals surface area contributed by atoms with Gasteiger partial charge in [-0.2, -0.15) is 4.98 Å². The van der Waals surface area contributed by atoms with Crippen molar-refractivity contribution in [1.29, 1.82) is 0 Å². The van der Waals surface area contributed by atoms with Crippen LogP contribution in [-0.4, -0.2) is 17.3 Å². The molecule has 5 nitrogen and oxygen atoms in total. The number of nitrogens with zero attached hydrogens (tertiary/aromatic N) is 2. The van der Waals surface area contributed by atoms with Crippen molar-refractivity contribution in [2.75, 3.05) is 7.11 Å². The lowest BCUT2D eigenvalue weighted by Gasteiger charge is -2.07. The minimum Gasteiger partial charge on any atom is -0.497 e. The highest BCUT2D eigenvalue weighted by Gasteiger charge is 2.11. The number of aromatic nitrogens is 2. The maximum absolute atomic E-state index is 5.78. The van der Waals surface area contributed by atoms with Gasteiger partial charge in [0.25, 0.3) is 5.89 Å². The number of methoxy groups -OCH3 is 1. The van der Waals surface area contributed by atoms with Gasteiger partial charge in [0.15, 0.2) is 0 Å². The van der Waals surface area contributed by atoms with Crippen LogP contribution < -0.4 is 9.47 Å². The fourth-order valence-corrected chi connectivity index (χ4v) is 3.08. The predicted octanol–water partition coefficient (Wildman–Crippen LogP) is 5.05. The van der Waals surface area contributed by atoms with Gasteiger partial charge in [0.1, 0.15) is 18.1 Å². The quantitative estimate of drug-likeness (QED) is 0.479. The fourth-order valence-electron chi connectivity index (χ4n) is 2.43. The second kappa shape index (κ2) is 7.41. The van der Waals surface area contributed by atoms with E-state index in [1.54, 1.807) is 18.4 Å². The van der Waals surface area contributed by atoms with Crippen LogP contribution in [0.1, 0.15) is 5.56 Å². The zero-order chi connectivity index (χ0) is 17.8. The van der Waals surface area contributed by atoms with E-state index in [9.17, 15) is 0 Å². The number of ether oxygens (including phenoxy) is 2. The van der Waals surface area contributed by atoms with Crippen molar-refractivity contribution in [2.24, 2.45) is 0 Å². The van der Waals surface area contributed by atoms with Crippen molar-refractivity contribution in [3.05, 3.63) is 71.6 Å². The van der Waals surface area contributed by atoms with Crippen LogP contribution in [0.2, 0.25) is 0 Å². The summed E-state index contributed by atoms with van der Waals surface area (Å²) >= 11 is 1.58. The lowest BCUT2D eigenvalue weighted by atomic mass is 10.1. The van der Waals surface area contributed by atoms with E-state index in [-0.39, 0.29) is 0 Å².